The highest BCUT2D eigenvalue weighted by molar-refractivity contribution is 5.94. The Bertz CT molecular complexity index is 1170. The number of rotatable bonds is 7. The van der Waals surface area contributed by atoms with Crippen LogP contribution in [0.4, 0.5) is 0 Å². The number of aromatic hydroxyl groups is 1. The van der Waals surface area contributed by atoms with Crippen molar-refractivity contribution in [1.29, 1.82) is 0 Å². The second-order valence-corrected chi connectivity index (χ2v) is 7.32. The van der Waals surface area contributed by atoms with Gasteiger partial charge in [0.1, 0.15) is 12.0 Å². The third kappa shape index (κ3) is 4.92. The van der Waals surface area contributed by atoms with Gasteiger partial charge in [-0.25, -0.2) is 4.98 Å². The van der Waals surface area contributed by atoms with Crippen molar-refractivity contribution in [2.75, 3.05) is 0 Å². The Hall–Kier alpha value is -4.07. The summed E-state index contributed by atoms with van der Waals surface area (Å²) in [7, 11) is 0. The molecule has 31 heavy (non-hydrogen) atoms. The lowest BCUT2D eigenvalue weighted by molar-refractivity contribution is 0.0962. The van der Waals surface area contributed by atoms with Crippen LogP contribution in [0, 0.1) is 0 Å². The third-order valence-electron chi connectivity index (χ3n) is 4.86. The zero-order chi connectivity index (χ0) is 21.8. The van der Waals surface area contributed by atoms with Gasteiger partial charge in [0.05, 0.1) is 0 Å². The zero-order valence-electron chi connectivity index (χ0n) is 17.1. The average molecular weight is 414 g/mol. The molecule has 1 aliphatic rings. The highest BCUT2D eigenvalue weighted by Gasteiger charge is 2.26. The van der Waals surface area contributed by atoms with E-state index < -0.39 is 0 Å². The molecule has 1 aliphatic carbocycles. The van der Waals surface area contributed by atoms with Gasteiger partial charge in [0.2, 0.25) is 5.88 Å². The fraction of sp³-hybridized carbons (Fsp3) is 0.174. The molecule has 1 saturated carbocycles. The van der Waals surface area contributed by atoms with E-state index in [2.05, 4.69) is 36.6 Å². The molecule has 1 amide bonds. The number of pyridine rings is 2. The Morgan fingerprint density at radius 1 is 1.26 bits per heavy atom. The van der Waals surface area contributed by atoms with E-state index in [9.17, 15) is 9.90 Å². The van der Waals surface area contributed by atoms with Gasteiger partial charge in [-0.3, -0.25) is 9.78 Å². The highest BCUT2D eigenvalue weighted by Crippen LogP contribution is 2.36. The van der Waals surface area contributed by atoms with Crippen LogP contribution >= 0.6 is 0 Å². The fourth-order valence-electron chi connectivity index (χ4n) is 3.07. The van der Waals surface area contributed by atoms with E-state index in [0.717, 1.165) is 35.4 Å². The van der Waals surface area contributed by atoms with E-state index in [-0.39, 0.29) is 17.5 Å². The predicted molar refractivity (Wildman–Crippen MR) is 117 cm³/mol. The lowest BCUT2D eigenvalue weighted by Crippen LogP contribution is -2.22. The molecule has 0 atom stereocenters. The Kier molecular flexibility index (Phi) is 5.70. The Balaban J connectivity index is 1.39. The minimum Gasteiger partial charge on any atom is -0.493 e. The van der Waals surface area contributed by atoms with Crippen LogP contribution in [0.3, 0.4) is 0 Å². The quantitative estimate of drug-likeness (QED) is 0.571. The van der Waals surface area contributed by atoms with Crippen LogP contribution in [0.25, 0.3) is 16.7 Å². The first kappa shape index (κ1) is 20.2. The van der Waals surface area contributed by atoms with E-state index in [0.29, 0.717) is 11.7 Å². The molecule has 156 valence electrons. The second kappa shape index (κ2) is 8.74. The van der Waals surface area contributed by atoms with Gasteiger partial charge in [-0.15, -0.1) is 10.2 Å². The minimum atomic E-state index is -0.364. The topological polar surface area (TPSA) is 106 Å². The zero-order valence-corrected chi connectivity index (χ0v) is 17.1. The molecule has 3 aromatic rings. The number of nitrogens with zero attached hydrogens (tertiary/aromatic N) is 5. The third-order valence-corrected chi connectivity index (χ3v) is 4.86. The first-order valence-electron chi connectivity index (χ1n) is 9.88. The number of carbonyl (C=O) groups is 1. The summed E-state index contributed by atoms with van der Waals surface area (Å²) in [5.41, 5.74) is 3.22. The summed E-state index contributed by atoms with van der Waals surface area (Å²) < 4.78 is 2.10. The van der Waals surface area contributed by atoms with Crippen LogP contribution in [0.5, 0.6) is 5.88 Å². The maximum absolute atomic E-state index is 12.5. The van der Waals surface area contributed by atoms with Gasteiger partial charge in [-0.1, -0.05) is 18.7 Å². The maximum Gasteiger partial charge on any atom is 0.274 e. The second-order valence-electron chi connectivity index (χ2n) is 7.32. The Labute approximate surface area is 179 Å². The van der Waals surface area contributed by atoms with Crippen molar-refractivity contribution in [3.63, 3.8) is 0 Å². The molecule has 0 saturated heterocycles. The van der Waals surface area contributed by atoms with Gasteiger partial charge < -0.3 is 15.0 Å². The maximum atomic E-state index is 12.5. The Morgan fingerprint density at radius 3 is 2.84 bits per heavy atom. The lowest BCUT2D eigenvalue weighted by Gasteiger charge is -2.06. The number of hydrogen-bond donors (Lipinski definition) is 2. The molecular formula is C23H22N6O2. The molecule has 8 heteroatoms. The van der Waals surface area contributed by atoms with E-state index in [1.54, 1.807) is 36.8 Å². The molecule has 1 fully saturated rings. The molecular weight excluding hydrogens is 392 g/mol. The normalized spacial score (nSPS) is 14.0. The summed E-state index contributed by atoms with van der Waals surface area (Å²) in [6.07, 6.45) is 12.6. The molecule has 0 spiro atoms. The lowest BCUT2D eigenvalue weighted by atomic mass is 10.1. The molecule has 4 rings (SSSR count). The van der Waals surface area contributed by atoms with Gasteiger partial charge in [-0.05, 0) is 55.2 Å². The van der Waals surface area contributed by atoms with Crippen LogP contribution in [0.15, 0.2) is 73.5 Å². The summed E-state index contributed by atoms with van der Waals surface area (Å²) in [4.78, 5) is 20.5. The van der Waals surface area contributed by atoms with Crippen molar-refractivity contribution < 1.29 is 9.90 Å². The standard InChI is InChI=1S/C23H22N6O2/c1-15(22-28-26-14-29(22)19-7-8-19)4-3-5-16(2)27-23(31)20-12-17(10-11-24-20)18-6-9-21(30)25-13-18/h3-6,9-14,19H,2,7-8H2,1H3,(H,25,30)(H,27,31)/b5-3-,15-4+. The van der Waals surface area contributed by atoms with Crippen molar-refractivity contribution in [2.24, 2.45) is 0 Å². The van der Waals surface area contributed by atoms with Gasteiger partial charge in [0.25, 0.3) is 5.91 Å². The number of nitrogens with one attached hydrogen (secondary N) is 1. The van der Waals surface area contributed by atoms with Crippen molar-refractivity contribution in [1.82, 2.24) is 30.0 Å². The van der Waals surface area contributed by atoms with Crippen LogP contribution < -0.4 is 5.32 Å². The highest BCUT2D eigenvalue weighted by atomic mass is 16.3. The van der Waals surface area contributed by atoms with E-state index in [1.807, 2.05) is 19.1 Å². The number of aromatic nitrogens is 5. The van der Waals surface area contributed by atoms with Gasteiger partial charge >= 0.3 is 0 Å². The number of carbonyl (C=O) groups excluding carboxylic acids is 1. The van der Waals surface area contributed by atoms with Crippen LogP contribution in [-0.4, -0.2) is 35.7 Å². The van der Waals surface area contributed by atoms with Gasteiger partial charge in [0.15, 0.2) is 5.82 Å². The summed E-state index contributed by atoms with van der Waals surface area (Å²) in [6, 6.07) is 7.15. The molecule has 8 nitrogen and oxygen atoms in total. The number of allylic oxidation sites excluding steroid dienone is 4. The summed E-state index contributed by atoms with van der Waals surface area (Å²) in [6.45, 7) is 5.85. The molecule has 0 aromatic carbocycles. The predicted octanol–water partition coefficient (Wildman–Crippen LogP) is 3.68. The molecule has 3 aromatic heterocycles. The van der Waals surface area contributed by atoms with E-state index in [1.165, 1.54) is 12.3 Å². The molecule has 0 aliphatic heterocycles. The molecule has 0 bridgehead atoms. The molecule has 2 N–H and O–H groups in total. The smallest absolute Gasteiger partial charge is 0.274 e. The van der Waals surface area contributed by atoms with Crippen molar-refractivity contribution in [3.8, 4) is 17.0 Å². The van der Waals surface area contributed by atoms with Crippen LogP contribution in [0.2, 0.25) is 0 Å². The van der Waals surface area contributed by atoms with Gasteiger partial charge in [-0.2, -0.15) is 0 Å². The van der Waals surface area contributed by atoms with E-state index >= 15 is 0 Å². The summed E-state index contributed by atoms with van der Waals surface area (Å²) >= 11 is 0. The Morgan fingerprint density at radius 2 is 2.10 bits per heavy atom. The molecule has 3 heterocycles. The summed E-state index contributed by atoms with van der Waals surface area (Å²) in [5.74, 6) is 0.430. The summed E-state index contributed by atoms with van der Waals surface area (Å²) in [5, 5.41) is 20.3. The van der Waals surface area contributed by atoms with Crippen LogP contribution in [-0.2, 0) is 0 Å². The van der Waals surface area contributed by atoms with Crippen molar-refractivity contribution in [3.05, 3.63) is 85.0 Å². The monoisotopic (exact) mass is 414 g/mol. The SMILES string of the molecule is C=C(/C=C\C=C(/C)c1nncn1C1CC1)NC(=O)c1cc(-c2ccc(O)nc2)ccn1. The first-order valence-corrected chi connectivity index (χ1v) is 9.88. The number of hydrogen-bond acceptors (Lipinski definition) is 6. The minimum absolute atomic E-state index is 0.0593. The van der Waals surface area contributed by atoms with Crippen molar-refractivity contribution >= 4 is 11.5 Å². The molecule has 0 radical (unpaired) electrons. The van der Waals surface area contributed by atoms with Crippen LogP contribution in [0.1, 0.15) is 42.1 Å². The first-order chi connectivity index (χ1) is 15.0. The van der Waals surface area contributed by atoms with Crippen molar-refractivity contribution in [2.45, 2.75) is 25.8 Å². The largest absolute Gasteiger partial charge is 0.493 e. The number of amides is 1. The van der Waals surface area contributed by atoms with E-state index in [4.69, 9.17) is 0 Å². The average Bonchev–Trinajstić information content (AvgIpc) is 3.50. The molecule has 0 unspecified atom stereocenters. The van der Waals surface area contributed by atoms with Gasteiger partial charge in [0, 0.05) is 35.8 Å². The fourth-order valence-corrected chi connectivity index (χ4v) is 3.07.